The summed E-state index contributed by atoms with van der Waals surface area (Å²) in [6, 6.07) is 11.5. The van der Waals surface area contributed by atoms with Gasteiger partial charge in [-0.15, -0.1) is 0 Å². The fourth-order valence-electron chi connectivity index (χ4n) is 4.00. The summed E-state index contributed by atoms with van der Waals surface area (Å²) < 4.78 is 9.88. The molecule has 18 heteroatoms. The van der Waals surface area contributed by atoms with Gasteiger partial charge in [0.05, 0.1) is 0 Å². The second-order valence-electron chi connectivity index (χ2n) is 12.3. The van der Waals surface area contributed by atoms with Gasteiger partial charge in [0.25, 0.3) is 0 Å². The Labute approximate surface area is 309 Å². The smallest absolute Gasteiger partial charge is 0.330 e. The molecule has 18 nitrogen and oxygen atoms in total. The predicted molar refractivity (Wildman–Crippen MR) is 199 cm³/mol. The van der Waals surface area contributed by atoms with Crippen molar-refractivity contribution in [1.82, 2.24) is 5.32 Å². The van der Waals surface area contributed by atoms with Gasteiger partial charge in [0.1, 0.15) is 36.0 Å². The average molecular weight is 748 g/mol. The molecule has 5 atom stereocenters. The van der Waals surface area contributed by atoms with Crippen LogP contribution in [0.2, 0.25) is 0 Å². The molecule has 2 rings (SSSR count). The van der Waals surface area contributed by atoms with E-state index in [2.05, 4.69) is 5.32 Å². The van der Waals surface area contributed by atoms with Gasteiger partial charge in [-0.25, -0.2) is 14.4 Å². The molecule has 0 bridgehead atoms. The van der Waals surface area contributed by atoms with Gasteiger partial charge in [-0.2, -0.15) is 0 Å². The number of carboxylic acids is 2. The van der Waals surface area contributed by atoms with Gasteiger partial charge in [0.2, 0.25) is 0 Å². The Morgan fingerprint density at radius 3 is 1.70 bits per heavy atom. The number of carbonyl (C=O) groups excluding carboxylic acids is 3. The monoisotopic (exact) mass is 747 g/mol. The minimum atomic E-state index is -1.07. The Balaban J connectivity index is 0.000000852. The van der Waals surface area contributed by atoms with E-state index in [1.54, 1.807) is 38.1 Å². The summed E-state index contributed by atoms with van der Waals surface area (Å²) in [6.45, 7) is 4.55. The number of ether oxygens (including phenoxy) is 2. The number of esters is 3. The van der Waals surface area contributed by atoms with E-state index in [0.29, 0.717) is 44.5 Å². The Hall–Kier alpha value is -4.98. The van der Waals surface area contributed by atoms with Crippen molar-refractivity contribution in [2.24, 2.45) is 46.1 Å². The number of carbonyl (C=O) groups is 5. The number of benzene rings is 2. The summed E-state index contributed by atoms with van der Waals surface area (Å²) in [4.78, 5) is 56.0. The van der Waals surface area contributed by atoms with Crippen LogP contribution in [0.3, 0.4) is 0 Å². The minimum Gasteiger partial charge on any atom is -0.480 e. The van der Waals surface area contributed by atoms with Crippen molar-refractivity contribution in [2.75, 3.05) is 13.1 Å². The molecule has 0 aliphatic heterocycles. The lowest BCUT2D eigenvalue weighted by atomic mass is 10.1. The van der Waals surface area contributed by atoms with Crippen molar-refractivity contribution >= 4 is 35.8 Å². The lowest BCUT2D eigenvalue weighted by Crippen LogP contribution is -2.40. The predicted octanol–water partition coefficient (Wildman–Crippen LogP) is -0.726. The normalized spacial score (nSPS) is 13.3. The molecule has 0 amide bonds. The Morgan fingerprint density at radius 1 is 0.698 bits per heavy atom. The molecule has 2 aromatic carbocycles. The number of hydrogen-bond donors (Lipinski definition) is 11. The zero-order valence-electron chi connectivity index (χ0n) is 30.3. The number of unbranched alkanes of at least 4 members (excludes halogenated alkanes) is 1. The summed E-state index contributed by atoms with van der Waals surface area (Å²) in [5, 5.41) is 26.6. The molecule has 0 saturated heterocycles. The Kier molecular flexibility index (Phi) is 24.2. The van der Waals surface area contributed by atoms with Crippen LogP contribution in [0.5, 0.6) is 5.75 Å². The molecule has 296 valence electrons. The van der Waals surface area contributed by atoms with Crippen LogP contribution in [0.1, 0.15) is 57.1 Å². The van der Waals surface area contributed by atoms with Crippen LogP contribution >= 0.6 is 0 Å². The summed E-state index contributed by atoms with van der Waals surface area (Å²) in [7, 11) is 0. The van der Waals surface area contributed by atoms with Crippen LogP contribution in [0.4, 0.5) is 0 Å². The van der Waals surface area contributed by atoms with E-state index in [1.165, 1.54) is 0 Å². The third-order valence-electron chi connectivity index (χ3n) is 7.30. The van der Waals surface area contributed by atoms with Crippen molar-refractivity contribution in [3.05, 3.63) is 65.7 Å². The number of rotatable bonds is 19. The second-order valence-corrected chi connectivity index (χ2v) is 12.3. The first-order valence-corrected chi connectivity index (χ1v) is 17.0. The van der Waals surface area contributed by atoms with Crippen LogP contribution in [0, 0.1) is 11.3 Å². The SMILES string of the molecule is CC(C)[C@H](N)C(=O)O.N=C(N)NCCC[C@H](N)C(=O)Oc1ccc(C[C@H](N)C(=O)O)cc1.NCCCC[C@H](N)C(=O)OC(=O)[C@@H](N)Cc1ccccc1. The molecule has 53 heavy (non-hydrogen) atoms. The van der Waals surface area contributed by atoms with Crippen molar-refractivity contribution in [1.29, 1.82) is 5.41 Å². The van der Waals surface area contributed by atoms with E-state index in [0.717, 1.165) is 24.0 Å². The van der Waals surface area contributed by atoms with Gasteiger partial charge >= 0.3 is 29.8 Å². The molecule has 18 N–H and O–H groups in total. The zero-order chi connectivity index (χ0) is 40.5. The van der Waals surface area contributed by atoms with Crippen LogP contribution in [-0.4, -0.2) is 89.3 Å². The average Bonchev–Trinajstić information content (AvgIpc) is 3.11. The van der Waals surface area contributed by atoms with Crippen LogP contribution in [0.15, 0.2) is 54.6 Å². The Bertz CT molecular complexity index is 1410. The van der Waals surface area contributed by atoms with E-state index >= 15 is 0 Å². The van der Waals surface area contributed by atoms with Gasteiger partial charge in [-0.05, 0) is 74.2 Å². The first-order chi connectivity index (χ1) is 24.9. The maximum atomic E-state index is 11.9. The quantitative estimate of drug-likeness (QED) is 0.0211. The lowest BCUT2D eigenvalue weighted by Gasteiger charge is -2.13. The topological polar surface area (TPSA) is 362 Å². The van der Waals surface area contributed by atoms with Crippen molar-refractivity contribution in [3.8, 4) is 5.75 Å². The highest BCUT2D eigenvalue weighted by molar-refractivity contribution is 5.90. The maximum absolute atomic E-state index is 11.9. The third kappa shape index (κ3) is 22.5. The summed E-state index contributed by atoms with van der Waals surface area (Å²) >= 11 is 0. The van der Waals surface area contributed by atoms with E-state index in [9.17, 15) is 24.0 Å². The molecule has 2 aromatic rings. The third-order valence-corrected chi connectivity index (χ3v) is 7.30. The van der Waals surface area contributed by atoms with Crippen LogP contribution in [-0.2, 0) is 41.6 Å². The van der Waals surface area contributed by atoms with E-state index in [-0.39, 0.29) is 18.3 Å². The molecule has 0 unspecified atom stereocenters. The van der Waals surface area contributed by atoms with Gasteiger partial charge in [-0.3, -0.25) is 15.0 Å². The number of nitrogens with one attached hydrogen (secondary N) is 2. The van der Waals surface area contributed by atoms with E-state index < -0.39 is 60.1 Å². The second kappa shape index (κ2) is 26.7. The molecular formula is C35H57N9O9. The summed E-state index contributed by atoms with van der Waals surface area (Å²) in [6.07, 6.45) is 3.41. The van der Waals surface area contributed by atoms with Gasteiger partial charge in [0.15, 0.2) is 5.96 Å². The Morgan fingerprint density at radius 2 is 1.21 bits per heavy atom. The first-order valence-electron chi connectivity index (χ1n) is 17.0. The van der Waals surface area contributed by atoms with Crippen LogP contribution < -0.4 is 50.2 Å². The first kappa shape index (κ1) is 48.0. The van der Waals surface area contributed by atoms with Gasteiger partial charge < -0.3 is 65.1 Å². The number of aliphatic carboxylic acids is 2. The molecule has 0 aliphatic carbocycles. The van der Waals surface area contributed by atoms with E-state index in [1.807, 2.05) is 30.3 Å². The van der Waals surface area contributed by atoms with Crippen molar-refractivity contribution in [2.45, 2.75) is 89.0 Å². The van der Waals surface area contributed by atoms with Crippen molar-refractivity contribution in [3.63, 3.8) is 0 Å². The number of hydrogen-bond acceptors (Lipinski definition) is 14. The zero-order valence-corrected chi connectivity index (χ0v) is 30.3. The van der Waals surface area contributed by atoms with Crippen molar-refractivity contribution < 1.29 is 43.7 Å². The highest BCUT2D eigenvalue weighted by atomic mass is 16.6. The molecule has 0 aromatic heterocycles. The lowest BCUT2D eigenvalue weighted by molar-refractivity contribution is -0.161. The fraction of sp³-hybridized carbons (Fsp3) is 0.486. The summed E-state index contributed by atoms with van der Waals surface area (Å²) in [5.74, 6) is -3.84. The molecule has 0 saturated carbocycles. The summed E-state index contributed by atoms with van der Waals surface area (Å²) in [5.41, 5.74) is 39.9. The minimum absolute atomic E-state index is 0.0208. The molecule has 0 spiro atoms. The number of guanidine groups is 1. The van der Waals surface area contributed by atoms with Gasteiger partial charge in [-0.1, -0.05) is 62.7 Å². The molecular weight excluding hydrogens is 690 g/mol. The number of nitrogens with two attached hydrogens (primary N) is 7. The van der Waals surface area contributed by atoms with E-state index in [4.69, 9.17) is 65.2 Å². The van der Waals surface area contributed by atoms with Crippen LogP contribution in [0.25, 0.3) is 0 Å². The standard InChI is InChI=1S/C15H23N5O4.C15H23N3O3.C5H11NO2/c16-11(2-1-7-20-15(18)19)14(23)24-10-5-3-9(4-6-10)8-12(17)13(21)22;16-9-5-4-8-12(17)14(19)21-15(20)13(18)10-11-6-2-1-3-7-11;1-3(2)4(6)5(7)8/h3-6,11-12H,1-2,7-8,16-17H2,(H,21,22)(H4,18,19,20);1-3,6-7,12-13H,4-5,8-10,16-18H2;3-4H,6H2,1-2H3,(H,7,8)/t11-,12-;12-,13-;4-/m000/s1. The highest BCUT2D eigenvalue weighted by Gasteiger charge is 2.23. The molecule has 0 aliphatic rings. The number of carboxylic acid groups (broad SMARTS) is 2. The highest BCUT2D eigenvalue weighted by Crippen LogP contribution is 2.14. The molecule has 0 fully saturated rings. The molecule has 0 radical (unpaired) electrons. The molecule has 0 heterocycles. The maximum Gasteiger partial charge on any atom is 0.330 e. The fourth-order valence-corrected chi connectivity index (χ4v) is 4.00. The van der Waals surface area contributed by atoms with Gasteiger partial charge in [0, 0.05) is 6.54 Å². The largest absolute Gasteiger partial charge is 0.480 e.